The van der Waals surface area contributed by atoms with Crippen LogP contribution in [0.3, 0.4) is 0 Å². The molecule has 0 aliphatic heterocycles. The van der Waals surface area contributed by atoms with Crippen molar-refractivity contribution in [2.75, 3.05) is 0 Å². The minimum Gasteiger partial charge on any atom is -0.481 e. The number of ketones is 1. The SMILES string of the molecule is CCCCC[C@H](O)C=CC1C=CC(=O)C1CC=CCCCC(=O)O. The van der Waals surface area contributed by atoms with Gasteiger partial charge in [-0.2, -0.15) is 0 Å². The van der Waals surface area contributed by atoms with Crippen LogP contribution in [0.1, 0.15) is 58.3 Å². The molecule has 4 heteroatoms. The van der Waals surface area contributed by atoms with Gasteiger partial charge in [0.05, 0.1) is 6.10 Å². The van der Waals surface area contributed by atoms with E-state index in [9.17, 15) is 14.7 Å². The first-order valence-corrected chi connectivity index (χ1v) is 8.99. The number of aliphatic hydroxyl groups excluding tert-OH is 1. The van der Waals surface area contributed by atoms with Crippen LogP contribution in [0, 0.1) is 11.8 Å². The molecule has 0 amide bonds. The maximum Gasteiger partial charge on any atom is 0.303 e. The van der Waals surface area contributed by atoms with Gasteiger partial charge in [-0.15, -0.1) is 0 Å². The van der Waals surface area contributed by atoms with Crippen molar-refractivity contribution in [2.24, 2.45) is 11.8 Å². The number of unbranched alkanes of at least 4 members (excludes halogenated alkanes) is 3. The van der Waals surface area contributed by atoms with Gasteiger partial charge in [0, 0.05) is 18.3 Å². The standard InChI is InChI=1S/C20H30O4/c1-2-3-6-9-17(21)14-12-16-13-15-19(22)18(16)10-7-4-5-8-11-20(23)24/h4,7,12-18,21H,2-3,5-6,8-11H2,1H3,(H,23,24)/t16?,17-,18?/m0/s1. The Kier molecular flexibility index (Phi) is 10.0. The first-order chi connectivity index (χ1) is 11.5. The highest BCUT2D eigenvalue weighted by Gasteiger charge is 2.27. The first-order valence-electron chi connectivity index (χ1n) is 8.99. The van der Waals surface area contributed by atoms with Crippen LogP contribution in [0.25, 0.3) is 0 Å². The molecule has 24 heavy (non-hydrogen) atoms. The van der Waals surface area contributed by atoms with E-state index in [4.69, 9.17) is 5.11 Å². The third-order valence-corrected chi connectivity index (χ3v) is 4.29. The molecule has 0 saturated carbocycles. The molecule has 0 aromatic carbocycles. The number of rotatable bonds is 12. The molecule has 2 N–H and O–H groups in total. The van der Waals surface area contributed by atoms with Crippen LogP contribution in [0.5, 0.6) is 0 Å². The minimum absolute atomic E-state index is 0.0435. The quantitative estimate of drug-likeness (QED) is 0.417. The number of hydrogen-bond donors (Lipinski definition) is 2. The summed E-state index contributed by atoms with van der Waals surface area (Å²) >= 11 is 0. The summed E-state index contributed by atoms with van der Waals surface area (Å²) in [5, 5.41) is 18.5. The summed E-state index contributed by atoms with van der Waals surface area (Å²) in [5.41, 5.74) is 0. The van der Waals surface area contributed by atoms with E-state index in [0.29, 0.717) is 12.8 Å². The molecule has 1 aliphatic carbocycles. The Balaban J connectivity index is 2.38. The lowest BCUT2D eigenvalue weighted by Gasteiger charge is -2.13. The molecule has 0 aromatic heterocycles. The van der Waals surface area contributed by atoms with Crippen molar-refractivity contribution >= 4 is 11.8 Å². The number of allylic oxidation sites excluding steroid dienone is 5. The predicted octanol–water partition coefficient (Wildman–Crippen LogP) is 4.06. The van der Waals surface area contributed by atoms with Crippen LogP contribution < -0.4 is 0 Å². The molecule has 0 aromatic rings. The van der Waals surface area contributed by atoms with Gasteiger partial charge >= 0.3 is 5.97 Å². The molecular formula is C20H30O4. The summed E-state index contributed by atoms with van der Waals surface area (Å²) < 4.78 is 0. The van der Waals surface area contributed by atoms with Crippen molar-refractivity contribution in [1.29, 1.82) is 0 Å². The molecule has 134 valence electrons. The Hall–Kier alpha value is -1.68. The zero-order chi connectivity index (χ0) is 17.8. The van der Waals surface area contributed by atoms with Gasteiger partial charge in [0.15, 0.2) is 5.78 Å². The van der Waals surface area contributed by atoms with Crippen molar-refractivity contribution in [3.8, 4) is 0 Å². The van der Waals surface area contributed by atoms with Crippen molar-refractivity contribution in [1.82, 2.24) is 0 Å². The number of hydrogen-bond acceptors (Lipinski definition) is 3. The average Bonchev–Trinajstić information content (AvgIpc) is 2.89. The maximum atomic E-state index is 12.0. The Morgan fingerprint density at radius 2 is 2.08 bits per heavy atom. The van der Waals surface area contributed by atoms with E-state index in [1.807, 2.05) is 30.4 Å². The molecule has 2 unspecified atom stereocenters. The molecule has 0 spiro atoms. The topological polar surface area (TPSA) is 74.6 Å². The summed E-state index contributed by atoms with van der Waals surface area (Å²) in [5.74, 6) is -0.705. The zero-order valence-electron chi connectivity index (χ0n) is 14.6. The summed E-state index contributed by atoms with van der Waals surface area (Å²) in [4.78, 5) is 22.4. The van der Waals surface area contributed by atoms with Gasteiger partial charge in [0.1, 0.15) is 0 Å². The molecular weight excluding hydrogens is 304 g/mol. The van der Waals surface area contributed by atoms with E-state index in [-0.39, 0.29) is 24.0 Å². The van der Waals surface area contributed by atoms with Gasteiger partial charge in [-0.1, -0.05) is 56.6 Å². The van der Waals surface area contributed by atoms with E-state index >= 15 is 0 Å². The maximum absolute atomic E-state index is 12.0. The molecule has 0 fully saturated rings. The van der Waals surface area contributed by atoms with Crippen LogP contribution in [0.4, 0.5) is 0 Å². The first kappa shape index (κ1) is 20.4. The monoisotopic (exact) mass is 334 g/mol. The van der Waals surface area contributed by atoms with Crippen LogP contribution in [-0.2, 0) is 9.59 Å². The Labute approximate surface area is 145 Å². The van der Waals surface area contributed by atoms with Gasteiger partial charge in [-0.05, 0) is 31.8 Å². The van der Waals surface area contributed by atoms with E-state index in [1.165, 1.54) is 0 Å². The molecule has 0 radical (unpaired) electrons. The highest BCUT2D eigenvalue weighted by Crippen LogP contribution is 2.27. The molecule has 1 rings (SSSR count). The second-order valence-electron chi connectivity index (χ2n) is 6.39. The number of carbonyl (C=O) groups is 2. The molecule has 4 nitrogen and oxygen atoms in total. The van der Waals surface area contributed by atoms with Gasteiger partial charge < -0.3 is 10.2 Å². The normalized spacial score (nSPS) is 22.0. The third-order valence-electron chi connectivity index (χ3n) is 4.29. The fourth-order valence-corrected chi connectivity index (χ4v) is 2.81. The minimum atomic E-state index is -0.777. The number of aliphatic hydroxyl groups is 1. The second kappa shape index (κ2) is 11.8. The van der Waals surface area contributed by atoms with Gasteiger partial charge in [-0.3, -0.25) is 9.59 Å². The molecule has 0 bridgehead atoms. The molecule has 0 heterocycles. The number of carboxylic acid groups (broad SMARTS) is 1. The van der Waals surface area contributed by atoms with E-state index in [0.717, 1.165) is 32.1 Å². The van der Waals surface area contributed by atoms with Gasteiger partial charge in [0.25, 0.3) is 0 Å². The predicted molar refractivity (Wildman–Crippen MR) is 95.7 cm³/mol. The smallest absolute Gasteiger partial charge is 0.303 e. The summed E-state index contributed by atoms with van der Waals surface area (Å²) in [6, 6.07) is 0. The lowest BCUT2D eigenvalue weighted by Crippen LogP contribution is -2.14. The lowest BCUT2D eigenvalue weighted by atomic mass is 9.90. The van der Waals surface area contributed by atoms with Crippen LogP contribution in [0.2, 0.25) is 0 Å². The Morgan fingerprint density at radius 1 is 1.29 bits per heavy atom. The van der Waals surface area contributed by atoms with Crippen molar-refractivity contribution in [2.45, 2.75) is 64.4 Å². The van der Waals surface area contributed by atoms with Crippen LogP contribution >= 0.6 is 0 Å². The van der Waals surface area contributed by atoms with Crippen molar-refractivity contribution in [3.05, 3.63) is 36.5 Å². The van der Waals surface area contributed by atoms with Crippen LogP contribution in [0.15, 0.2) is 36.5 Å². The fraction of sp³-hybridized carbons (Fsp3) is 0.600. The van der Waals surface area contributed by atoms with Crippen LogP contribution in [-0.4, -0.2) is 28.1 Å². The summed E-state index contributed by atoms with van der Waals surface area (Å²) in [7, 11) is 0. The summed E-state index contributed by atoms with van der Waals surface area (Å²) in [6.45, 7) is 2.14. The Morgan fingerprint density at radius 3 is 2.79 bits per heavy atom. The van der Waals surface area contributed by atoms with Gasteiger partial charge in [0.2, 0.25) is 0 Å². The van der Waals surface area contributed by atoms with Crippen molar-refractivity contribution in [3.63, 3.8) is 0 Å². The van der Waals surface area contributed by atoms with E-state index in [1.54, 1.807) is 6.08 Å². The third kappa shape index (κ3) is 8.25. The zero-order valence-corrected chi connectivity index (χ0v) is 14.6. The largest absolute Gasteiger partial charge is 0.481 e. The Bertz CT molecular complexity index is 476. The number of aliphatic carboxylic acids is 1. The fourth-order valence-electron chi connectivity index (χ4n) is 2.81. The second-order valence-corrected chi connectivity index (χ2v) is 6.39. The highest BCUT2D eigenvalue weighted by molar-refractivity contribution is 5.95. The summed E-state index contributed by atoms with van der Waals surface area (Å²) in [6.07, 6.45) is 17.0. The number of carbonyl (C=O) groups excluding carboxylic acids is 1. The molecule has 1 aliphatic rings. The lowest BCUT2D eigenvalue weighted by molar-refractivity contribution is -0.137. The number of carboxylic acids is 1. The van der Waals surface area contributed by atoms with Crippen molar-refractivity contribution < 1.29 is 19.8 Å². The highest BCUT2D eigenvalue weighted by atomic mass is 16.4. The van der Waals surface area contributed by atoms with E-state index < -0.39 is 12.1 Å². The molecule has 0 saturated heterocycles. The average molecular weight is 334 g/mol. The van der Waals surface area contributed by atoms with Gasteiger partial charge in [-0.25, -0.2) is 0 Å². The van der Waals surface area contributed by atoms with E-state index in [2.05, 4.69) is 6.92 Å². The molecule has 3 atom stereocenters.